The Bertz CT molecular complexity index is 1190. The molecule has 1 amide bonds. The highest BCUT2D eigenvalue weighted by Gasteiger charge is 2.39. The number of nitrogens with zero attached hydrogens (tertiary/aromatic N) is 2. The zero-order chi connectivity index (χ0) is 21.2. The van der Waals surface area contributed by atoms with Gasteiger partial charge in [-0.1, -0.05) is 42.1 Å². The molecular formula is C21H22N4O3S2. The van der Waals surface area contributed by atoms with Crippen LogP contribution in [0, 0.1) is 0 Å². The molecule has 1 aliphatic heterocycles. The maximum atomic E-state index is 12.4. The molecule has 1 atom stereocenters. The van der Waals surface area contributed by atoms with Gasteiger partial charge in [0, 0.05) is 11.1 Å². The van der Waals surface area contributed by atoms with E-state index in [1.807, 2.05) is 54.6 Å². The van der Waals surface area contributed by atoms with E-state index in [4.69, 9.17) is 0 Å². The van der Waals surface area contributed by atoms with Crippen LogP contribution >= 0.6 is 11.8 Å². The van der Waals surface area contributed by atoms with Crippen LogP contribution in [0.3, 0.4) is 0 Å². The first-order valence-electron chi connectivity index (χ1n) is 9.55. The number of rotatable bonds is 6. The van der Waals surface area contributed by atoms with E-state index < -0.39 is 15.4 Å². The number of carbonyl (C=O) groups excluding carboxylic acids is 1. The van der Waals surface area contributed by atoms with Gasteiger partial charge in [-0.25, -0.2) is 18.4 Å². The summed E-state index contributed by atoms with van der Waals surface area (Å²) < 4.78 is 23.5. The van der Waals surface area contributed by atoms with Crippen LogP contribution in [-0.4, -0.2) is 47.1 Å². The fourth-order valence-corrected chi connectivity index (χ4v) is 6.23. The smallest absolute Gasteiger partial charge is 0.230 e. The van der Waals surface area contributed by atoms with Gasteiger partial charge in [0.15, 0.2) is 15.0 Å². The molecule has 1 fully saturated rings. The number of para-hydroxylation sites is 2. The lowest BCUT2D eigenvalue weighted by atomic mass is 10.0. The van der Waals surface area contributed by atoms with E-state index in [0.29, 0.717) is 17.4 Å². The van der Waals surface area contributed by atoms with E-state index in [2.05, 4.69) is 20.6 Å². The standard InChI is InChI=1S/C21H22N4O3S2/c1-21(11-12-30(27,28)14-21)25-18(26)13-29-20-23-17-10-6-5-9-16(17)19(24-20)22-15-7-3-2-4-8-15/h2-10H,11-14H2,1H3,(H,25,26)(H,22,23,24). The molecule has 1 unspecified atom stereocenters. The Labute approximate surface area is 179 Å². The number of sulfone groups is 1. The van der Waals surface area contributed by atoms with Crippen molar-refractivity contribution in [3.8, 4) is 0 Å². The summed E-state index contributed by atoms with van der Waals surface area (Å²) in [5, 5.41) is 7.55. The van der Waals surface area contributed by atoms with Crippen molar-refractivity contribution in [2.45, 2.75) is 24.0 Å². The third kappa shape index (κ3) is 4.91. The minimum Gasteiger partial charge on any atom is -0.349 e. The molecule has 0 radical (unpaired) electrons. The summed E-state index contributed by atoms with van der Waals surface area (Å²) >= 11 is 1.23. The van der Waals surface area contributed by atoms with Crippen LogP contribution in [0.15, 0.2) is 59.8 Å². The number of fused-ring (bicyclic) bond motifs is 1. The average molecular weight is 443 g/mol. The van der Waals surface area contributed by atoms with Gasteiger partial charge in [-0.3, -0.25) is 4.79 Å². The minimum absolute atomic E-state index is 0.0198. The molecule has 1 aromatic heterocycles. The highest BCUT2D eigenvalue weighted by molar-refractivity contribution is 7.99. The third-order valence-corrected chi connectivity index (χ3v) is 7.65. The lowest BCUT2D eigenvalue weighted by molar-refractivity contribution is -0.120. The molecule has 0 aliphatic carbocycles. The summed E-state index contributed by atoms with van der Waals surface area (Å²) in [4.78, 5) is 21.6. The fourth-order valence-electron chi connectivity index (χ4n) is 3.49. The topological polar surface area (TPSA) is 101 Å². The molecule has 7 nitrogen and oxygen atoms in total. The van der Waals surface area contributed by atoms with E-state index in [0.717, 1.165) is 16.6 Å². The quantitative estimate of drug-likeness (QED) is 0.447. The highest BCUT2D eigenvalue weighted by Crippen LogP contribution is 2.27. The molecule has 0 spiro atoms. The summed E-state index contributed by atoms with van der Waals surface area (Å²) in [5.74, 6) is 0.643. The summed E-state index contributed by atoms with van der Waals surface area (Å²) in [6, 6.07) is 17.4. The number of anilines is 2. The summed E-state index contributed by atoms with van der Waals surface area (Å²) in [7, 11) is -3.08. The van der Waals surface area contributed by atoms with E-state index >= 15 is 0 Å². The predicted octanol–water partition coefficient (Wildman–Crippen LogP) is 3.16. The van der Waals surface area contributed by atoms with E-state index in [1.165, 1.54) is 11.8 Å². The van der Waals surface area contributed by atoms with Crippen molar-refractivity contribution in [3.63, 3.8) is 0 Å². The number of aromatic nitrogens is 2. The Morgan fingerprint density at radius 2 is 1.83 bits per heavy atom. The number of amides is 1. The van der Waals surface area contributed by atoms with Crippen molar-refractivity contribution < 1.29 is 13.2 Å². The van der Waals surface area contributed by atoms with Gasteiger partial charge in [-0.2, -0.15) is 0 Å². The van der Waals surface area contributed by atoms with Gasteiger partial charge in [-0.15, -0.1) is 0 Å². The second-order valence-corrected chi connectivity index (χ2v) is 10.7. The molecule has 30 heavy (non-hydrogen) atoms. The van der Waals surface area contributed by atoms with Crippen molar-refractivity contribution in [3.05, 3.63) is 54.6 Å². The van der Waals surface area contributed by atoms with Crippen LogP contribution in [0.25, 0.3) is 10.9 Å². The molecule has 1 saturated heterocycles. The lowest BCUT2D eigenvalue weighted by Gasteiger charge is -2.23. The molecule has 3 aromatic rings. The lowest BCUT2D eigenvalue weighted by Crippen LogP contribution is -2.47. The normalized spacial score (nSPS) is 20.2. The van der Waals surface area contributed by atoms with Crippen molar-refractivity contribution in [2.75, 3.05) is 22.6 Å². The molecule has 0 bridgehead atoms. The van der Waals surface area contributed by atoms with Crippen LogP contribution in [-0.2, 0) is 14.6 Å². The Morgan fingerprint density at radius 3 is 2.57 bits per heavy atom. The number of carbonyl (C=O) groups is 1. The molecule has 2 aromatic carbocycles. The predicted molar refractivity (Wildman–Crippen MR) is 120 cm³/mol. The number of hydrogen-bond donors (Lipinski definition) is 2. The maximum Gasteiger partial charge on any atom is 0.230 e. The van der Waals surface area contributed by atoms with Crippen LogP contribution in [0.4, 0.5) is 11.5 Å². The summed E-state index contributed by atoms with van der Waals surface area (Å²) in [6.45, 7) is 1.77. The Morgan fingerprint density at radius 1 is 1.10 bits per heavy atom. The third-order valence-electron chi connectivity index (χ3n) is 4.90. The van der Waals surface area contributed by atoms with Crippen molar-refractivity contribution >= 4 is 49.9 Å². The van der Waals surface area contributed by atoms with Crippen molar-refractivity contribution in [1.82, 2.24) is 15.3 Å². The van der Waals surface area contributed by atoms with Gasteiger partial charge in [0.05, 0.1) is 28.3 Å². The first-order valence-corrected chi connectivity index (χ1v) is 12.4. The van der Waals surface area contributed by atoms with Gasteiger partial charge in [0.2, 0.25) is 5.91 Å². The second kappa shape index (κ2) is 8.23. The van der Waals surface area contributed by atoms with E-state index in [9.17, 15) is 13.2 Å². The molecule has 0 saturated carbocycles. The van der Waals surface area contributed by atoms with Gasteiger partial charge in [0.1, 0.15) is 5.82 Å². The highest BCUT2D eigenvalue weighted by atomic mass is 32.2. The van der Waals surface area contributed by atoms with Crippen LogP contribution in [0.1, 0.15) is 13.3 Å². The Balaban J connectivity index is 1.49. The Hall–Kier alpha value is -2.65. The van der Waals surface area contributed by atoms with E-state index in [1.54, 1.807) is 6.92 Å². The number of nitrogens with one attached hydrogen (secondary N) is 2. The maximum absolute atomic E-state index is 12.4. The van der Waals surface area contributed by atoms with Gasteiger partial charge >= 0.3 is 0 Å². The van der Waals surface area contributed by atoms with Crippen LogP contribution in [0.5, 0.6) is 0 Å². The fraction of sp³-hybridized carbons (Fsp3) is 0.286. The second-order valence-electron chi connectivity index (χ2n) is 7.60. The van der Waals surface area contributed by atoms with E-state index in [-0.39, 0.29) is 23.2 Å². The minimum atomic E-state index is -3.08. The zero-order valence-corrected chi connectivity index (χ0v) is 18.1. The first-order chi connectivity index (χ1) is 14.3. The zero-order valence-electron chi connectivity index (χ0n) is 16.5. The monoisotopic (exact) mass is 442 g/mol. The molecule has 9 heteroatoms. The van der Waals surface area contributed by atoms with Crippen molar-refractivity contribution in [1.29, 1.82) is 0 Å². The molecule has 2 heterocycles. The van der Waals surface area contributed by atoms with Gasteiger partial charge < -0.3 is 10.6 Å². The molecular weight excluding hydrogens is 420 g/mol. The van der Waals surface area contributed by atoms with Gasteiger partial charge in [-0.05, 0) is 37.6 Å². The number of thioether (sulfide) groups is 1. The molecule has 2 N–H and O–H groups in total. The number of benzene rings is 2. The summed E-state index contributed by atoms with van der Waals surface area (Å²) in [5.41, 5.74) is 0.980. The average Bonchev–Trinajstić information content (AvgIpc) is 2.99. The first kappa shape index (κ1) is 20.6. The molecule has 4 rings (SSSR count). The molecule has 156 valence electrons. The Kier molecular flexibility index (Phi) is 5.66. The largest absolute Gasteiger partial charge is 0.349 e. The van der Waals surface area contributed by atoms with Crippen LogP contribution in [0.2, 0.25) is 0 Å². The van der Waals surface area contributed by atoms with Crippen molar-refractivity contribution in [2.24, 2.45) is 0 Å². The molecule has 1 aliphatic rings. The van der Waals surface area contributed by atoms with Gasteiger partial charge in [0.25, 0.3) is 0 Å². The summed E-state index contributed by atoms with van der Waals surface area (Å²) in [6.07, 6.45) is 0.434. The van der Waals surface area contributed by atoms with Crippen LogP contribution < -0.4 is 10.6 Å². The number of hydrogen-bond acceptors (Lipinski definition) is 7. The SMILES string of the molecule is CC1(NC(=O)CSc2nc(Nc3ccccc3)c3ccccc3n2)CCS(=O)(=O)C1.